The Bertz CT molecular complexity index is 616. The summed E-state index contributed by atoms with van der Waals surface area (Å²) in [5.41, 5.74) is 7.18. The topological polar surface area (TPSA) is 63.4 Å². The van der Waals surface area contributed by atoms with Gasteiger partial charge >= 0.3 is 0 Å². The van der Waals surface area contributed by atoms with Crippen LogP contribution in [-0.4, -0.2) is 26.3 Å². The third-order valence-electron chi connectivity index (χ3n) is 4.05. The van der Waals surface area contributed by atoms with Gasteiger partial charge in [-0.3, -0.25) is 0 Å². The summed E-state index contributed by atoms with van der Waals surface area (Å²) in [4.78, 5) is 0.350. The van der Waals surface area contributed by atoms with Crippen LogP contribution in [-0.2, 0) is 16.6 Å². The minimum atomic E-state index is -3.46. The summed E-state index contributed by atoms with van der Waals surface area (Å²) in [7, 11) is -1.80. The average Bonchev–Trinajstić information content (AvgIpc) is 3.07. The van der Waals surface area contributed by atoms with Crippen molar-refractivity contribution in [2.75, 3.05) is 13.6 Å². The van der Waals surface area contributed by atoms with Gasteiger partial charge < -0.3 is 5.73 Å². The molecule has 20 heavy (non-hydrogen) atoms. The first kappa shape index (κ1) is 15.9. The molecule has 0 aliphatic heterocycles. The van der Waals surface area contributed by atoms with E-state index in [1.54, 1.807) is 13.1 Å². The Morgan fingerprint density at radius 2 is 2.05 bits per heavy atom. The maximum absolute atomic E-state index is 12.7. The molecule has 6 heteroatoms. The summed E-state index contributed by atoms with van der Waals surface area (Å²) in [6.45, 7) is 4.88. The van der Waals surface area contributed by atoms with E-state index in [0.717, 1.165) is 22.0 Å². The number of nitrogens with zero attached hydrogens (tertiary/aromatic N) is 1. The van der Waals surface area contributed by atoms with Crippen LogP contribution in [0.25, 0.3) is 0 Å². The highest BCUT2D eigenvalue weighted by molar-refractivity contribution is 9.10. The molecule has 1 aromatic rings. The minimum absolute atomic E-state index is 0.324. The molecule has 1 aromatic carbocycles. The molecule has 0 amide bonds. The van der Waals surface area contributed by atoms with Crippen LogP contribution in [0.15, 0.2) is 21.5 Å². The van der Waals surface area contributed by atoms with Crippen molar-refractivity contribution in [3.05, 3.63) is 27.7 Å². The first-order valence-electron chi connectivity index (χ1n) is 6.72. The summed E-state index contributed by atoms with van der Waals surface area (Å²) in [6, 6.07) is 3.56. The lowest BCUT2D eigenvalue weighted by molar-refractivity contribution is 0.444. The van der Waals surface area contributed by atoms with E-state index >= 15 is 0 Å². The Morgan fingerprint density at radius 3 is 2.55 bits per heavy atom. The van der Waals surface area contributed by atoms with E-state index in [0.29, 0.717) is 29.8 Å². The van der Waals surface area contributed by atoms with Gasteiger partial charge in [-0.15, -0.1) is 0 Å². The fourth-order valence-corrected chi connectivity index (χ4v) is 4.50. The highest BCUT2D eigenvalue weighted by Gasteiger charge is 2.36. The van der Waals surface area contributed by atoms with Crippen molar-refractivity contribution < 1.29 is 8.42 Å². The molecule has 0 heterocycles. The lowest BCUT2D eigenvalue weighted by atomic mass is 10.1. The Morgan fingerprint density at radius 1 is 1.45 bits per heavy atom. The zero-order chi connectivity index (χ0) is 15.1. The van der Waals surface area contributed by atoms with Crippen LogP contribution in [0.4, 0.5) is 0 Å². The molecule has 1 aliphatic rings. The molecule has 1 saturated carbocycles. The van der Waals surface area contributed by atoms with Gasteiger partial charge in [-0.25, -0.2) is 12.7 Å². The number of benzene rings is 1. The second-order valence-electron chi connectivity index (χ2n) is 5.66. The van der Waals surface area contributed by atoms with Crippen LogP contribution in [0.1, 0.15) is 24.5 Å². The molecule has 0 saturated heterocycles. The molecular formula is C14H21BrN2O2S. The molecule has 0 spiro atoms. The fraction of sp³-hybridized carbons (Fsp3) is 0.571. The zero-order valence-corrected chi connectivity index (χ0v) is 14.5. The molecule has 0 radical (unpaired) electrons. The molecule has 2 rings (SSSR count). The largest absolute Gasteiger partial charge is 0.326 e. The van der Waals surface area contributed by atoms with Crippen molar-refractivity contribution >= 4 is 26.0 Å². The second-order valence-corrected chi connectivity index (χ2v) is 8.53. The monoisotopic (exact) mass is 360 g/mol. The SMILES string of the molecule is Cc1c(Br)cc(CN)cc1S(=O)(=O)N(C)CC1CC1C. The second kappa shape index (κ2) is 5.75. The maximum atomic E-state index is 12.7. The van der Waals surface area contributed by atoms with Crippen LogP contribution in [0.5, 0.6) is 0 Å². The molecule has 2 N–H and O–H groups in total. The first-order valence-corrected chi connectivity index (χ1v) is 8.96. The predicted octanol–water partition coefficient (Wildman–Crippen LogP) is 2.49. The molecule has 2 atom stereocenters. The Balaban J connectivity index is 2.35. The van der Waals surface area contributed by atoms with Crippen molar-refractivity contribution in [1.29, 1.82) is 0 Å². The van der Waals surface area contributed by atoms with Crippen molar-refractivity contribution in [3.8, 4) is 0 Å². The molecule has 112 valence electrons. The van der Waals surface area contributed by atoms with E-state index in [-0.39, 0.29) is 0 Å². The van der Waals surface area contributed by atoms with E-state index in [1.807, 2.05) is 13.0 Å². The summed E-state index contributed by atoms with van der Waals surface area (Å²) in [5.74, 6) is 1.13. The summed E-state index contributed by atoms with van der Waals surface area (Å²) in [5, 5.41) is 0. The summed E-state index contributed by atoms with van der Waals surface area (Å²) < 4.78 is 27.7. The van der Waals surface area contributed by atoms with Gasteiger partial charge in [-0.1, -0.05) is 22.9 Å². The molecule has 0 bridgehead atoms. The predicted molar refractivity (Wildman–Crippen MR) is 83.9 cm³/mol. The van der Waals surface area contributed by atoms with E-state index < -0.39 is 10.0 Å². The third kappa shape index (κ3) is 3.08. The first-order chi connectivity index (χ1) is 9.27. The fourth-order valence-electron chi connectivity index (χ4n) is 2.34. The van der Waals surface area contributed by atoms with E-state index in [1.165, 1.54) is 4.31 Å². The van der Waals surface area contributed by atoms with Crippen LogP contribution in [0.2, 0.25) is 0 Å². The van der Waals surface area contributed by atoms with Gasteiger partial charge in [0, 0.05) is 24.6 Å². The van der Waals surface area contributed by atoms with Crippen molar-refractivity contribution in [2.45, 2.75) is 31.7 Å². The number of rotatable bonds is 5. The van der Waals surface area contributed by atoms with Crippen molar-refractivity contribution in [2.24, 2.45) is 17.6 Å². The maximum Gasteiger partial charge on any atom is 0.243 e. The molecule has 0 aromatic heterocycles. The number of hydrogen-bond acceptors (Lipinski definition) is 3. The molecule has 1 fully saturated rings. The van der Waals surface area contributed by atoms with Gasteiger partial charge in [-0.05, 0) is 48.4 Å². The highest BCUT2D eigenvalue weighted by Crippen LogP contribution is 2.39. The quantitative estimate of drug-likeness (QED) is 0.877. The molecule has 1 aliphatic carbocycles. The Labute approximate surface area is 129 Å². The standard InChI is InChI=1S/C14H21BrN2O2S/c1-9-4-12(9)8-17(3)20(18,19)14-6-11(7-16)5-13(15)10(14)2/h5-6,9,12H,4,7-8,16H2,1-3H3. The summed E-state index contributed by atoms with van der Waals surface area (Å²) in [6.07, 6.45) is 1.12. The smallest absolute Gasteiger partial charge is 0.243 e. The van der Waals surface area contributed by atoms with Crippen LogP contribution in [0, 0.1) is 18.8 Å². The number of sulfonamides is 1. The van der Waals surface area contributed by atoms with Crippen molar-refractivity contribution in [3.63, 3.8) is 0 Å². The van der Waals surface area contributed by atoms with Crippen molar-refractivity contribution in [1.82, 2.24) is 4.31 Å². The van der Waals surface area contributed by atoms with Crippen LogP contribution >= 0.6 is 15.9 Å². The number of hydrogen-bond donors (Lipinski definition) is 1. The lowest BCUT2D eigenvalue weighted by Gasteiger charge is -2.19. The van der Waals surface area contributed by atoms with Gasteiger partial charge in [-0.2, -0.15) is 0 Å². The van der Waals surface area contributed by atoms with Gasteiger partial charge in [0.15, 0.2) is 0 Å². The highest BCUT2D eigenvalue weighted by atomic mass is 79.9. The van der Waals surface area contributed by atoms with Crippen LogP contribution < -0.4 is 5.73 Å². The van der Waals surface area contributed by atoms with E-state index in [9.17, 15) is 8.42 Å². The summed E-state index contributed by atoms with van der Waals surface area (Å²) >= 11 is 3.41. The number of nitrogens with two attached hydrogens (primary N) is 1. The Kier molecular flexibility index (Phi) is 4.59. The van der Waals surface area contributed by atoms with E-state index in [2.05, 4.69) is 22.9 Å². The van der Waals surface area contributed by atoms with Gasteiger partial charge in [0.25, 0.3) is 0 Å². The van der Waals surface area contributed by atoms with Gasteiger partial charge in [0.1, 0.15) is 0 Å². The minimum Gasteiger partial charge on any atom is -0.326 e. The normalized spacial score (nSPS) is 22.3. The van der Waals surface area contributed by atoms with Gasteiger partial charge in [0.05, 0.1) is 4.90 Å². The molecular weight excluding hydrogens is 340 g/mol. The average molecular weight is 361 g/mol. The van der Waals surface area contributed by atoms with Gasteiger partial charge in [0.2, 0.25) is 10.0 Å². The van der Waals surface area contributed by atoms with Crippen LogP contribution in [0.3, 0.4) is 0 Å². The number of halogens is 1. The lowest BCUT2D eigenvalue weighted by Crippen LogP contribution is -2.30. The Hall–Kier alpha value is -0.430. The molecule has 4 nitrogen and oxygen atoms in total. The van der Waals surface area contributed by atoms with E-state index in [4.69, 9.17) is 5.73 Å². The zero-order valence-electron chi connectivity index (χ0n) is 12.1. The third-order valence-corrected chi connectivity index (χ3v) is 6.82. The molecule has 2 unspecified atom stereocenters.